The number of hydrogen-bond donors (Lipinski definition) is 2. The number of carbonyl (C=O) groups excluding carboxylic acids is 1. The molecule has 3 aromatic rings. The maximum atomic E-state index is 12.9. The summed E-state index contributed by atoms with van der Waals surface area (Å²) in [6, 6.07) is 6.20. The fourth-order valence-corrected chi connectivity index (χ4v) is 3.64. The van der Waals surface area contributed by atoms with Crippen molar-refractivity contribution in [2.24, 2.45) is 5.92 Å². The maximum absolute atomic E-state index is 12.9. The molecular formula is C20H23N5O. The minimum Gasteiger partial charge on any atom is -0.364 e. The molecule has 1 unspecified atom stereocenters. The molecule has 0 spiro atoms. The molecule has 0 bridgehead atoms. The van der Waals surface area contributed by atoms with Crippen LogP contribution in [0.25, 0.3) is 11.0 Å². The smallest absolute Gasteiger partial charge is 0.252 e. The van der Waals surface area contributed by atoms with Crippen LogP contribution in [0.3, 0.4) is 0 Å². The lowest BCUT2D eigenvalue weighted by Crippen LogP contribution is -2.23. The van der Waals surface area contributed by atoms with Gasteiger partial charge in [0.05, 0.1) is 29.7 Å². The Morgan fingerprint density at radius 3 is 2.92 bits per heavy atom. The van der Waals surface area contributed by atoms with Crippen LogP contribution >= 0.6 is 0 Å². The Labute approximate surface area is 152 Å². The Balaban J connectivity index is 1.51. The van der Waals surface area contributed by atoms with Crippen LogP contribution in [0.15, 0.2) is 30.6 Å². The van der Waals surface area contributed by atoms with Crippen LogP contribution in [0.1, 0.15) is 66.3 Å². The summed E-state index contributed by atoms with van der Waals surface area (Å²) in [7, 11) is 0. The van der Waals surface area contributed by atoms with Crippen molar-refractivity contribution in [3.8, 4) is 0 Å². The normalized spacial score (nSPS) is 18.2. The SMILES string of the molecule is CC(C1CC1)n1ncc2c(C(=O)NCc3ccc[nH]3)cc(C3CC3)nc21. The topological polar surface area (TPSA) is 75.6 Å². The summed E-state index contributed by atoms with van der Waals surface area (Å²) in [4.78, 5) is 20.9. The van der Waals surface area contributed by atoms with E-state index in [9.17, 15) is 4.79 Å². The zero-order valence-corrected chi connectivity index (χ0v) is 14.9. The number of nitrogens with zero attached hydrogens (tertiary/aromatic N) is 3. The van der Waals surface area contributed by atoms with Gasteiger partial charge >= 0.3 is 0 Å². The van der Waals surface area contributed by atoms with E-state index in [-0.39, 0.29) is 5.91 Å². The number of carbonyl (C=O) groups is 1. The zero-order chi connectivity index (χ0) is 17.7. The lowest BCUT2D eigenvalue weighted by Gasteiger charge is -2.13. The quantitative estimate of drug-likeness (QED) is 0.715. The van der Waals surface area contributed by atoms with E-state index in [2.05, 4.69) is 22.3 Å². The third-order valence-electron chi connectivity index (χ3n) is 5.62. The lowest BCUT2D eigenvalue weighted by atomic mass is 10.1. The summed E-state index contributed by atoms with van der Waals surface area (Å²) >= 11 is 0. The number of nitrogens with one attached hydrogen (secondary N) is 2. The van der Waals surface area contributed by atoms with Gasteiger partial charge in [-0.25, -0.2) is 9.67 Å². The second kappa shape index (κ2) is 5.97. The summed E-state index contributed by atoms with van der Waals surface area (Å²) in [5.74, 6) is 1.12. The van der Waals surface area contributed by atoms with Gasteiger partial charge in [0.2, 0.25) is 0 Å². The first-order valence-corrected chi connectivity index (χ1v) is 9.49. The van der Waals surface area contributed by atoms with Gasteiger partial charge < -0.3 is 10.3 Å². The van der Waals surface area contributed by atoms with Gasteiger partial charge in [0, 0.05) is 23.5 Å². The molecule has 5 rings (SSSR count). The summed E-state index contributed by atoms with van der Waals surface area (Å²) < 4.78 is 2.03. The average molecular weight is 349 g/mol. The number of rotatable bonds is 6. The lowest BCUT2D eigenvalue weighted by molar-refractivity contribution is 0.0952. The summed E-state index contributed by atoms with van der Waals surface area (Å²) in [6.07, 6.45) is 8.51. The minimum atomic E-state index is -0.0625. The Morgan fingerprint density at radius 1 is 1.38 bits per heavy atom. The van der Waals surface area contributed by atoms with E-state index in [0.717, 1.165) is 35.3 Å². The van der Waals surface area contributed by atoms with E-state index in [0.29, 0.717) is 30.0 Å². The van der Waals surface area contributed by atoms with Crippen LogP contribution in [0, 0.1) is 5.92 Å². The molecule has 2 fully saturated rings. The molecule has 6 heteroatoms. The van der Waals surface area contributed by atoms with Crippen molar-refractivity contribution < 1.29 is 4.79 Å². The Hall–Kier alpha value is -2.63. The molecule has 134 valence electrons. The third-order valence-corrected chi connectivity index (χ3v) is 5.62. The number of aromatic amines is 1. The average Bonchev–Trinajstić information content (AvgIpc) is 3.58. The van der Waals surface area contributed by atoms with Gasteiger partial charge in [0.25, 0.3) is 5.91 Å². The van der Waals surface area contributed by atoms with Crippen molar-refractivity contribution in [3.63, 3.8) is 0 Å². The van der Waals surface area contributed by atoms with Gasteiger partial charge in [0.15, 0.2) is 5.65 Å². The molecule has 2 aliphatic carbocycles. The highest BCUT2D eigenvalue weighted by Gasteiger charge is 2.32. The highest BCUT2D eigenvalue weighted by atomic mass is 16.1. The molecular weight excluding hydrogens is 326 g/mol. The molecule has 2 aliphatic rings. The van der Waals surface area contributed by atoms with Gasteiger partial charge in [-0.1, -0.05) is 0 Å². The van der Waals surface area contributed by atoms with Crippen LogP contribution in [0.4, 0.5) is 0 Å². The van der Waals surface area contributed by atoms with E-state index in [1.165, 1.54) is 12.8 Å². The number of fused-ring (bicyclic) bond motifs is 1. The second-order valence-electron chi connectivity index (χ2n) is 7.65. The van der Waals surface area contributed by atoms with Crippen LogP contribution in [-0.2, 0) is 6.54 Å². The first kappa shape index (κ1) is 15.6. The molecule has 3 heterocycles. The minimum absolute atomic E-state index is 0.0625. The monoisotopic (exact) mass is 349 g/mol. The molecule has 2 saturated carbocycles. The predicted molar refractivity (Wildman–Crippen MR) is 98.9 cm³/mol. The van der Waals surface area contributed by atoms with E-state index in [4.69, 9.17) is 4.98 Å². The predicted octanol–water partition coefficient (Wildman–Crippen LogP) is 3.54. The summed E-state index contributed by atoms with van der Waals surface area (Å²) in [6.45, 7) is 2.70. The van der Waals surface area contributed by atoms with Crippen molar-refractivity contribution >= 4 is 16.9 Å². The number of H-pyrrole nitrogens is 1. The Bertz CT molecular complexity index is 950. The largest absolute Gasteiger partial charge is 0.364 e. The number of aromatic nitrogens is 4. The van der Waals surface area contributed by atoms with Gasteiger partial charge in [0.1, 0.15) is 0 Å². The van der Waals surface area contributed by atoms with Crippen LogP contribution in [-0.4, -0.2) is 25.7 Å². The Kier molecular flexibility index (Phi) is 3.58. The van der Waals surface area contributed by atoms with E-state index >= 15 is 0 Å². The molecule has 6 nitrogen and oxygen atoms in total. The van der Waals surface area contributed by atoms with E-state index < -0.39 is 0 Å². The summed E-state index contributed by atoms with van der Waals surface area (Å²) in [5, 5.41) is 8.47. The van der Waals surface area contributed by atoms with Gasteiger partial charge in [-0.2, -0.15) is 5.10 Å². The van der Waals surface area contributed by atoms with Gasteiger partial charge in [-0.3, -0.25) is 4.79 Å². The van der Waals surface area contributed by atoms with Gasteiger partial charge in [-0.05, 0) is 56.7 Å². The van der Waals surface area contributed by atoms with Crippen LogP contribution in [0.2, 0.25) is 0 Å². The first-order valence-electron chi connectivity index (χ1n) is 9.49. The molecule has 0 saturated heterocycles. The molecule has 0 radical (unpaired) electrons. The standard InChI is InChI=1S/C20H23N5O/c1-12(13-4-5-13)25-19-17(11-23-25)16(9-18(24-19)14-6-7-14)20(26)22-10-15-3-2-8-21-15/h2-3,8-9,11-14,21H,4-7,10H2,1H3,(H,22,26). The maximum Gasteiger partial charge on any atom is 0.252 e. The highest BCUT2D eigenvalue weighted by Crippen LogP contribution is 2.42. The first-order chi connectivity index (χ1) is 12.7. The highest BCUT2D eigenvalue weighted by molar-refractivity contribution is 6.05. The van der Waals surface area contributed by atoms with Crippen molar-refractivity contribution in [1.29, 1.82) is 0 Å². The summed E-state index contributed by atoms with van der Waals surface area (Å²) in [5.41, 5.74) is 3.58. The molecule has 0 aromatic carbocycles. The fourth-order valence-electron chi connectivity index (χ4n) is 3.64. The fraction of sp³-hybridized carbons (Fsp3) is 0.450. The molecule has 2 N–H and O–H groups in total. The van der Waals surface area contributed by atoms with Crippen molar-refractivity contribution in [1.82, 2.24) is 25.1 Å². The molecule has 3 aromatic heterocycles. The number of hydrogen-bond acceptors (Lipinski definition) is 3. The Morgan fingerprint density at radius 2 is 2.23 bits per heavy atom. The van der Waals surface area contributed by atoms with Crippen molar-refractivity contribution in [2.75, 3.05) is 0 Å². The van der Waals surface area contributed by atoms with Crippen molar-refractivity contribution in [3.05, 3.63) is 47.5 Å². The molecule has 0 aliphatic heterocycles. The van der Waals surface area contributed by atoms with Crippen LogP contribution in [0.5, 0.6) is 0 Å². The third kappa shape index (κ3) is 2.79. The van der Waals surface area contributed by atoms with E-state index in [1.54, 1.807) is 6.20 Å². The van der Waals surface area contributed by atoms with Crippen LogP contribution < -0.4 is 5.32 Å². The van der Waals surface area contributed by atoms with Gasteiger partial charge in [-0.15, -0.1) is 0 Å². The number of pyridine rings is 1. The molecule has 26 heavy (non-hydrogen) atoms. The second-order valence-corrected chi connectivity index (χ2v) is 7.65. The van der Waals surface area contributed by atoms with Crippen molar-refractivity contribution in [2.45, 2.75) is 51.1 Å². The molecule has 1 amide bonds. The number of amides is 1. The van der Waals surface area contributed by atoms with E-state index in [1.807, 2.05) is 29.1 Å². The zero-order valence-electron chi connectivity index (χ0n) is 14.9. The molecule has 1 atom stereocenters.